The molecule has 104 valence electrons. The van der Waals surface area contributed by atoms with Crippen molar-refractivity contribution >= 4 is 17.6 Å². The molecule has 0 radical (unpaired) electrons. The zero-order valence-corrected chi connectivity index (χ0v) is 10.8. The summed E-state index contributed by atoms with van der Waals surface area (Å²) in [5.74, 6) is -0.941. The van der Waals surface area contributed by atoms with Crippen LogP contribution in [0.5, 0.6) is 5.75 Å². The first-order valence-electron chi connectivity index (χ1n) is 6.07. The minimum absolute atomic E-state index is 0.0137. The number of nitrogens with two attached hydrogens (primary N) is 1. The van der Waals surface area contributed by atoms with Crippen LogP contribution in [0.2, 0.25) is 0 Å². The minimum Gasteiger partial charge on any atom is -0.484 e. The van der Waals surface area contributed by atoms with Crippen molar-refractivity contribution in [2.45, 2.75) is 19.8 Å². The Morgan fingerprint density at radius 1 is 1.42 bits per heavy atom. The summed E-state index contributed by atoms with van der Waals surface area (Å²) in [4.78, 5) is 22.2. The Balaban J connectivity index is 2.48. The highest BCUT2D eigenvalue weighted by Crippen LogP contribution is 2.19. The Bertz CT molecular complexity index is 460. The van der Waals surface area contributed by atoms with Gasteiger partial charge in [0.05, 0.1) is 5.56 Å². The zero-order chi connectivity index (χ0) is 14.3. The smallest absolute Gasteiger partial charge is 0.337 e. The molecule has 0 saturated carbocycles. The summed E-state index contributed by atoms with van der Waals surface area (Å²) in [7, 11) is 0. The molecule has 0 aliphatic heterocycles. The third-order valence-corrected chi connectivity index (χ3v) is 2.48. The van der Waals surface area contributed by atoms with Gasteiger partial charge in [0.25, 0.3) is 5.91 Å². The normalized spacial score (nSPS) is 9.95. The minimum atomic E-state index is -1.10. The number of nitrogens with one attached hydrogen (secondary N) is 1. The largest absolute Gasteiger partial charge is 0.484 e. The van der Waals surface area contributed by atoms with Gasteiger partial charge in [0.1, 0.15) is 5.75 Å². The fourth-order valence-electron chi connectivity index (χ4n) is 1.43. The quantitative estimate of drug-likeness (QED) is 0.509. The van der Waals surface area contributed by atoms with Crippen molar-refractivity contribution in [3.8, 4) is 5.75 Å². The molecule has 1 aromatic carbocycles. The maximum Gasteiger partial charge on any atom is 0.337 e. The molecule has 0 aliphatic carbocycles. The first-order chi connectivity index (χ1) is 9.04. The zero-order valence-electron chi connectivity index (χ0n) is 10.8. The molecule has 1 aromatic rings. The van der Waals surface area contributed by atoms with E-state index in [0.717, 1.165) is 12.8 Å². The molecule has 1 rings (SSSR count). The van der Waals surface area contributed by atoms with Gasteiger partial charge >= 0.3 is 5.97 Å². The van der Waals surface area contributed by atoms with Crippen LogP contribution >= 0.6 is 0 Å². The Kier molecular flexibility index (Phi) is 5.66. The Morgan fingerprint density at radius 3 is 2.74 bits per heavy atom. The van der Waals surface area contributed by atoms with Crippen LogP contribution in [0.1, 0.15) is 30.1 Å². The Morgan fingerprint density at radius 2 is 2.16 bits per heavy atom. The van der Waals surface area contributed by atoms with Crippen LogP contribution in [0.3, 0.4) is 0 Å². The average molecular weight is 266 g/mol. The molecule has 0 fully saturated rings. The van der Waals surface area contributed by atoms with E-state index in [4.69, 9.17) is 15.6 Å². The molecule has 0 aromatic heterocycles. The predicted octanol–water partition coefficient (Wildman–Crippen LogP) is 1.26. The van der Waals surface area contributed by atoms with Crippen LogP contribution in [0, 0.1) is 0 Å². The standard InChI is InChI=1S/C13H18N2O4/c1-2-3-6-15-12(16)8-19-9-4-5-10(13(17)18)11(14)7-9/h4-5,7H,2-3,6,8,14H2,1H3,(H,15,16)(H,17,18). The first kappa shape index (κ1) is 14.8. The van der Waals surface area contributed by atoms with Crippen LogP contribution in [-0.4, -0.2) is 30.1 Å². The molecule has 0 saturated heterocycles. The molecule has 0 unspecified atom stereocenters. The highest BCUT2D eigenvalue weighted by atomic mass is 16.5. The molecule has 0 aliphatic rings. The highest BCUT2D eigenvalue weighted by molar-refractivity contribution is 5.93. The van der Waals surface area contributed by atoms with Crippen LogP contribution in [0.25, 0.3) is 0 Å². The van der Waals surface area contributed by atoms with Crippen molar-refractivity contribution in [1.82, 2.24) is 5.32 Å². The van der Waals surface area contributed by atoms with Crippen molar-refractivity contribution in [2.75, 3.05) is 18.9 Å². The van der Waals surface area contributed by atoms with Gasteiger partial charge < -0.3 is 20.9 Å². The van der Waals surface area contributed by atoms with E-state index in [2.05, 4.69) is 5.32 Å². The lowest BCUT2D eigenvalue weighted by Gasteiger charge is -2.08. The molecule has 0 atom stereocenters. The summed E-state index contributed by atoms with van der Waals surface area (Å²) in [6, 6.07) is 4.21. The first-order valence-corrected chi connectivity index (χ1v) is 6.07. The number of amides is 1. The fraction of sp³-hybridized carbons (Fsp3) is 0.385. The third-order valence-electron chi connectivity index (χ3n) is 2.48. The number of ether oxygens (including phenoxy) is 1. The molecular formula is C13H18N2O4. The van der Waals surface area contributed by atoms with Crippen molar-refractivity contribution in [2.24, 2.45) is 0 Å². The number of carboxylic acids is 1. The summed E-state index contributed by atoms with van der Waals surface area (Å²) in [6.45, 7) is 2.55. The fourth-order valence-corrected chi connectivity index (χ4v) is 1.43. The molecule has 6 nitrogen and oxygen atoms in total. The van der Waals surface area contributed by atoms with E-state index in [9.17, 15) is 9.59 Å². The lowest BCUT2D eigenvalue weighted by Crippen LogP contribution is -2.29. The van der Waals surface area contributed by atoms with Crippen molar-refractivity contribution < 1.29 is 19.4 Å². The molecule has 4 N–H and O–H groups in total. The second kappa shape index (κ2) is 7.25. The lowest BCUT2D eigenvalue weighted by atomic mass is 10.2. The van der Waals surface area contributed by atoms with Crippen LogP contribution in [0.15, 0.2) is 18.2 Å². The van der Waals surface area contributed by atoms with Gasteiger partial charge in [-0.05, 0) is 18.6 Å². The second-order valence-electron chi connectivity index (χ2n) is 4.05. The molecule has 0 bridgehead atoms. The van der Waals surface area contributed by atoms with E-state index in [0.29, 0.717) is 12.3 Å². The number of carbonyl (C=O) groups is 2. The van der Waals surface area contributed by atoms with E-state index < -0.39 is 5.97 Å². The van der Waals surface area contributed by atoms with Gasteiger partial charge in [-0.1, -0.05) is 13.3 Å². The van der Waals surface area contributed by atoms with Gasteiger partial charge in [0, 0.05) is 18.3 Å². The van der Waals surface area contributed by atoms with E-state index in [-0.39, 0.29) is 23.8 Å². The van der Waals surface area contributed by atoms with Gasteiger partial charge in [0.15, 0.2) is 6.61 Å². The van der Waals surface area contributed by atoms with E-state index >= 15 is 0 Å². The number of carbonyl (C=O) groups excluding carboxylic acids is 1. The molecule has 0 heterocycles. The summed E-state index contributed by atoms with van der Waals surface area (Å²) in [6.07, 6.45) is 1.93. The number of benzene rings is 1. The predicted molar refractivity (Wildman–Crippen MR) is 71.2 cm³/mol. The van der Waals surface area contributed by atoms with Gasteiger partial charge in [-0.2, -0.15) is 0 Å². The number of carboxylic acid groups (broad SMARTS) is 1. The molecule has 19 heavy (non-hydrogen) atoms. The summed E-state index contributed by atoms with van der Waals surface area (Å²) in [5, 5.41) is 11.5. The molecule has 1 amide bonds. The van der Waals surface area contributed by atoms with Gasteiger partial charge in [0.2, 0.25) is 0 Å². The van der Waals surface area contributed by atoms with Gasteiger partial charge in [-0.15, -0.1) is 0 Å². The van der Waals surface area contributed by atoms with E-state index in [1.54, 1.807) is 0 Å². The molecular weight excluding hydrogens is 248 g/mol. The van der Waals surface area contributed by atoms with Crippen molar-refractivity contribution in [3.05, 3.63) is 23.8 Å². The highest BCUT2D eigenvalue weighted by Gasteiger charge is 2.09. The topological polar surface area (TPSA) is 102 Å². The van der Waals surface area contributed by atoms with E-state index in [1.807, 2.05) is 6.92 Å². The number of hydrogen-bond donors (Lipinski definition) is 3. The number of rotatable bonds is 7. The number of nitrogen functional groups attached to an aromatic ring is 1. The number of hydrogen-bond acceptors (Lipinski definition) is 4. The third kappa shape index (κ3) is 4.87. The van der Waals surface area contributed by atoms with E-state index in [1.165, 1.54) is 18.2 Å². The SMILES string of the molecule is CCCCNC(=O)COc1ccc(C(=O)O)c(N)c1. The number of aromatic carboxylic acids is 1. The van der Waals surface area contributed by atoms with Crippen LogP contribution in [-0.2, 0) is 4.79 Å². The summed E-state index contributed by atoms with van der Waals surface area (Å²) in [5.41, 5.74) is 5.69. The Hall–Kier alpha value is -2.24. The molecule has 6 heteroatoms. The second-order valence-corrected chi connectivity index (χ2v) is 4.05. The summed E-state index contributed by atoms with van der Waals surface area (Å²) < 4.78 is 5.23. The monoisotopic (exact) mass is 266 g/mol. The molecule has 0 spiro atoms. The Labute approximate surface area is 111 Å². The maximum atomic E-state index is 11.4. The maximum absolute atomic E-state index is 11.4. The number of anilines is 1. The van der Waals surface area contributed by atoms with Crippen LogP contribution < -0.4 is 15.8 Å². The average Bonchev–Trinajstić information content (AvgIpc) is 2.36. The van der Waals surface area contributed by atoms with Crippen LogP contribution in [0.4, 0.5) is 5.69 Å². The van der Waals surface area contributed by atoms with Crippen molar-refractivity contribution in [3.63, 3.8) is 0 Å². The lowest BCUT2D eigenvalue weighted by molar-refractivity contribution is -0.123. The number of unbranched alkanes of at least 4 members (excludes halogenated alkanes) is 1. The van der Waals surface area contributed by atoms with Gasteiger partial charge in [-0.25, -0.2) is 4.79 Å². The van der Waals surface area contributed by atoms with Crippen molar-refractivity contribution in [1.29, 1.82) is 0 Å². The van der Waals surface area contributed by atoms with Gasteiger partial charge in [-0.3, -0.25) is 4.79 Å². The summed E-state index contributed by atoms with van der Waals surface area (Å²) >= 11 is 0.